The highest BCUT2D eigenvalue weighted by atomic mass is 32.1. The third-order valence-electron chi connectivity index (χ3n) is 2.90. The summed E-state index contributed by atoms with van der Waals surface area (Å²) in [6.45, 7) is 1.79. The summed E-state index contributed by atoms with van der Waals surface area (Å²) in [6, 6.07) is 4.53. The molecule has 0 N–H and O–H groups in total. The van der Waals surface area contributed by atoms with E-state index in [2.05, 4.69) is 4.98 Å². The van der Waals surface area contributed by atoms with E-state index in [0.29, 0.717) is 11.2 Å². The molecule has 7 nitrogen and oxygen atoms in total. The Morgan fingerprint density at radius 2 is 2.29 bits per heavy atom. The van der Waals surface area contributed by atoms with Gasteiger partial charge in [-0.05, 0) is 18.6 Å². The van der Waals surface area contributed by atoms with Gasteiger partial charge in [0.25, 0.3) is 0 Å². The molecule has 0 saturated carbocycles. The summed E-state index contributed by atoms with van der Waals surface area (Å²) >= 11 is 1.34. The maximum absolute atomic E-state index is 11.2. The third-order valence-corrected chi connectivity index (χ3v) is 3.65. The fourth-order valence-electron chi connectivity index (χ4n) is 1.92. The standard InChI is InChI=1S/C13H9N3O4S/c1-8-2-3-9(16(18)19)11(6-8)20-12-10(7-17)15-4-5-21-13(15)14-12/h2-7H,1H3. The first kappa shape index (κ1) is 13.3. The number of aldehydes is 1. The number of aromatic nitrogens is 2. The molecule has 0 amide bonds. The van der Waals surface area contributed by atoms with Crippen LogP contribution in [0.25, 0.3) is 4.96 Å². The van der Waals surface area contributed by atoms with E-state index in [1.807, 2.05) is 0 Å². The lowest BCUT2D eigenvalue weighted by Crippen LogP contribution is -1.96. The summed E-state index contributed by atoms with van der Waals surface area (Å²) in [7, 11) is 0. The van der Waals surface area contributed by atoms with Crippen LogP contribution in [0, 0.1) is 17.0 Å². The van der Waals surface area contributed by atoms with Gasteiger partial charge in [0, 0.05) is 17.6 Å². The normalized spacial score (nSPS) is 10.7. The molecule has 0 aliphatic rings. The fraction of sp³-hybridized carbons (Fsp3) is 0.0769. The van der Waals surface area contributed by atoms with E-state index < -0.39 is 4.92 Å². The van der Waals surface area contributed by atoms with E-state index in [4.69, 9.17) is 4.74 Å². The number of benzene rings is 1. The lowest BCUT2D eigenvalue weighted by Gasteiger charge is -2.05. The van der Waals surface area contributed by atoms with Crippen LogP contribution in [0.4, 0.5) is 5.69 Å². The number of nitro benzene ring substituents is 1. The summed E-state index contributed by atoms with van der Waals surface area (Å²) in [5.41, 5.74) is 0.861. The Balaban J connectivity index is 2.10. The van der Waals surface area contributed by atoms with E-state index >= 15 is 0 Å². The van der Waals surface area contributed by atoms with E-state index in [9.17, 15) is 14.9 Å². The Hall–Kier alpha value is -2.74. The van der Waals surface area contributed by atoms with Gasteiger partial charge in [0.2, 0.25) is 11.6 Å². The average Bonchev–Trinajstić information content (AvgIpc) is 2.98. The van der Waals surface area contributed by atoms with Gasteiger partial charge in [-0.25, -0.2) is 0 Å². The number of ether oxygens (including phenoxy) is 1. The molecular formula is C13H9N3O4S. The lowest BCUT2D eigenvalue weighted by molar-refractivity contribution is -0.385. The highest BCUT2D eigenvalue weighted by Crippen LogP contribution is 2.33. The van der Waals surface area contributed by atoms with Gasteiger partial charge in [-0.15, -0.1) is 11.3 Å². The Bertz CT molecular complexity index is 852. The van der Waals surface area contributed by atoms with Gasteiger partial charge >= 0.3 is 5.69 Å². The first-order valence-corrected chi connectivity index (χ1v) is 6.81. The van der Waals surface area contributed by atoms with Crippen molar-refractivity contribution in [2.75, 3.05) is 0 Å². The summed E-state index contributed by atoms with van der Waals surface area (Å²) in [6.07, 6.45) is 2.30. The number of aryl methyl sites for hydroxylation is 1. The zero-order valence-corrected chi connectivity index (χ0v) is 11.7. The van der Waals surface area contributed by atoms with Gasteiger partial charge in [-0.2, -0.15) is 4.98 Å². The number of rotatable bonds is 4. The summed E-state index contributed by atoms with van der Waals surface area (Å²) < 4.78 is 7.10. The minimum Gasteiger partial charge on any atom is -0.430 e. The smallest absolute Gasteiger partial charge is 0.311 e. The van der Waals surface area contributed by atoms with Crippen LogP contribution in [0.5, 0.6) is 11.6 Å². The van der Waals surface area contributed by atoms with Crippen molar-refractivity contribution in [3.8, 4) is 11.6 Å². The molecule has 3 rings (SSSR count). The molecule has 0 bridgehead atoms. The molecule has 0 atom stereocenters. The number of carbonyl (C=O) groups excluding carboxylic acids is 1. The fourth-order valence-corrected chi connectivity index (χ4v) is 2.64. The maximum Gasteiger partial charge on any atom is 0.311 e. The Morgan fingerprint density at radius 3 is 3.00 bits per heavy atom. The van der Waals surface area contributed by atoms with Crippen LogP contribution in [-0.4, -0.2) is 20.6 Å². The number of thiazole rings is 1. The number of fused-ring (bicyclic) bond motifs is 1. The minimum absolute atomic E-state index is 0.0607. The minimum atomic E-state index is -0.534. The molecule has 0 saturated heterocycles. The van der Waals surface area contributed by atoms with Crippen molar-refractivity contribution >= 4 is 28.3 Å². The van der Waals surface area contributed by atoms with Crippen LogP contribution in [0.2, 0.25) is 0 Å². The Morgan fingerprint density at radius 1 is 1.48 bits per heavy atom. The van der Waals surface area contributed by atoms with Crippen LogP contribution in [-0.2, 0) is 0 Å². The van der Waals surface area contributed by atoms with Gasteiger partial charge in [0.15, 0.2) is 16.9 Å². The average molecular weight is 303 g/mol. The summed E-state index contributed by atoms with van der Waals surface area (Å²) in [5, 5.41) is 12.8. The van der Waals surface area contributed by atoms with Gasteiger partial charge in [0.05, 0.1) is 4.92 Å². The molecule has 0 aliphatic heterocycles. The van der Waals surface area contributed by atoms with Gasteiger partial charge in [-0.3, -0.25) is 19.3 Å². The molecule has 21 heavy (non-hydrogen) atoms. The Labute approximate surface area is 122 Å². The van der Waals surface area contributed by atoms with E-state index in [1.54, 1.807) is 35.0 Å². The summed E-state index contributed by atoms with van der Waals surface area (Å²) in [5.74, 6) is 0.124. The molecule has 2 aromatic heterocycles. The SMILES string of the molecule is Cc1ccc([N+](=O)[O-])c(Oc2nc3sccn3c2C=O)c1. The second-order valence-electron chi connectivity index (χ2n) is 4.31. The molecule has 0 unspecified atom stereocenters. The molecule has 1 aromatic carbocycles. The van der Waals surface area contributed by atoms with E-state index in [1.165, 1.54) is 17.4 Å². The van der Waals surface area contributed by atoms with Gasteiger partial charge in [0.1, 0.15) is 0 Å². The highest BCUT2D eigenvalue weighted by Gasteiger charge is 2.20. The molecule has 0 fully saturated rings. The van der Waals surface area contributed by atoms with Crippen molar-refractivity contribution in [2.24, 2.45) is 0 Å². The quantitative estimate of drug-likeness (QED) is 0.419. The molecule has 8 heteroatoms. The number of hydrogen-bond donors (Lipinski definition) is 0. The largest absolute Gasteiger partial charge is 0.430 e. The number of hydrogen-bond acceptors (Lipinski definition) is 6. The molecule has 2 heterocycles. The van der Waals surface area contributed by atoms with Crippen molar-refractivity contribution in [3.05, 3.63) is 51.1 Å². The van der Waals surface area contributed by atoms with Gasteiger partial charge in [-0.1, -0.05) is 6.07 Å². The van der Waals surface area contributed by atoms with Crippen molar-refractivity contribution in [2.45, 2.75) is 6.92 Å². The highest BCUT2D eigenvalue weighted by molar-refractivity contribution is 7.15. The third kappa shape index (κ3) is 2.25. The number of carbonyl (C=O) groups is 1. The maximum atomic E-state index is 11.2. The monoisotopic (exact) mass is 303 g/mol. The molecule has 0 radical (unpaired) electrons. The van der Waals surface area contributed by atoms with Crippen molar-refractivity contribution < 1.29 is 14.5 Å². The van der Waals surface area contributed by atoms with Crippen LogP contribution in [0.15, 0.2) is 29.8 Å². The van der Waals surface area contributed by atoms with Crippen molar-refractivity contribution in [3.63, 3.8) is 0 Å². The van der Waals surface area contributed by atoms with E-state index in [0.717, 1.165) is 5.56 Å². The lowest BCUT2D eigenvalue weighted by atomic mass is 10.2. The van der Waals surface area contributed by atoms with Gasteiger partial charge < -0.3 is 4.74 Å². The number of imidazole rings is 1. The second-order valence-corrected chi connectivity index (χ2v) is 5.18. The van der Waals surface area contributed by atoms with Crippen LogP contribution in [0.3, 0.4) is 0 Å². The molecule has 0 aliphatic carbocycles. The van der Waals surface area contributed by atoms with Crippen molar-refractivity contribution in [1.29, 1.82) is 0 Å². The predicted molar refractivity (Wildman–Crippen MR) is 76.4 cm³/mol. The number of nitro groups is 1. The zero-order valence-electron chi connectivity index (χ0n) is 10.8. The first-order valence-electron chi connectivity index (χ1n) is 5.94. The molecule has 3 aromatic rings. The summed E-state index contributed by atoms with van der Waals surface area (Å²) in [4.78, 5) is 26.5. The van der Waals surface area contributed by atoms with Crippen LogP contribution < -0.4 is 4.74 Å². The second kappa shape index (κ2) is 4.98. The van der Waals surface area contributed by atoms with E-state index in [-0.39, 0.29) is 23.0 Å². The Kier molecular flexibility index (Phi) is 3.15. The molecular weight excluding hydrogens is 294 g/mol. The molecule has 106 valence electrons. The van der Waals surface area contributed by atoms with Crippen molar-refractivity contribution in [1.82, 2.24) is 9.38 Å². The van der Waals surface area contributed by atoms with Crippen LogP contribution in [0.1, 0.15) is 16.1 Å². The van der Waals surface area contributed by atoms with Crippen LogP contribution >= 0.6 is 11.3 Å². The number of nitrogens with zero attached hydrogens (tertiary/aromatic N) is 3. The topological polar surface area (TPSA) is 86.7 Å². The molecule has 0 spiro atoms. The zero-order chi connectivity index (χ0) is 15.0. The first-order chi connectivity index (χ1) is 10.1. The predicted octanol–water partition coefficient (Wildman–Crippen LogP) is 3.22.